The maximum absolute atomic E-state index is 11.2. The van der Waals surface area contributed by atoms with Gasteiger partial charge in [0.15, 0.2) is 0 Å². The third-order valence-electron chi connectivity index (χ3n) is 2.87. The standard InChI is InChI=1S/C11H5N5O8/c17-13(18)8-7(6-4-2-1-3-5-6)12-11(16(23)24)10(15(21)22)9(8)14(19)20/h1-5H. The number of benzene rings is 1. The molecule has 13 nitrogen and oxygen atoms in total. The molecule has 0 unspecified atom stereocenters. The molecular formula is C11H5N5O8. The maximum atomic E-state index is 11.2. The number of hydrogen-bond donors (Lipinski definition) is 0. The van der Waals surface area contributed by atoms with Gasteiger partial charge in [-0.05, 0) is 9.91 Å². The van der Waals surface area contributed by atoms with Crippen LogP contribution in [-0.2, 0) is 0 Å². The Balaban J connectivity index is 3.06. The Hall–Kier alpha value is -4.03. The van der Waals surface area contributed by atoms with Gasteiger partial charge >= 0.3 is 22.9 Å². The minimum Gasteiger partial charge on any atom is -0.358 e. The zero-order chi connectivity index (χ0) is 18.0. The molecule has 1 aromatic carbocycles. The lowest BCUT2D eigenvalue weighted by Crippen LogP contribution is -2.08. The molecule has 0 atom stereocenters. The van der Waals surface area contributed by atoms with Gasteiger partial charge in [-0.25, -0.2) is 0 Å². The van der Waals surface area contributed by atoms with E-state index in [-0.39, 0.29) is 5.56 Å². The molecule has 0 aliphatic rings. The van der Waals surface area contributed by atoms with Crippen molar-refractivity contribution < 1.29 is 19.7 Å². The molecule has 0 saturated carbocycles. The van der Waals surface area contributed by atoms with Crippen LogP contribution in [0.5, 0.6) is 0 Å². The smallest absolute Gasteiger partial charge is 0.358 e. The summed E-state index contributed by atoms with van der Waals surface area (Å²) in [6.45, 7) is 0. The van der Waals surface area contributed by atoms with E-state index in [0.29, 0.717) is 0 Å². The second-order valence-corrected chi connectivity index (χ2v) is 4.22. The molecule has 0 aliphatic heterocycles. The number of rotatable bonds is 5. The monoisotopic (exact) mass is 335 g/mol. The van der Waals surface area contributed by atoms with Gasteiger partial charge in [-0.3, -0.25) is 30.3 Å². The van der Waals surface area contributed by atoms with E-state index in [1.54, 1.807) is 0 Å². The van der Waals surface area contributed by atoms with Crippen molar-refractivity contribution >= 4 is 22.9 Å². The van der Waals surface area contributed by atoms with Crippen molar-refractivity contribution in [3.8, 4) is 11.3 Å². The van der Waals surface area contributed by atoms with E-state index in [1.165, 1.54) is 30.3 Å². The Bertz CT molecular complexity index is 882. The summed E-state index contributed by atoms with van der Waals surface area (Å²) in [5.41, 5.74) is -5.26. The molecule has 0 radical (unpaired) electrons. The summed E-state index contributed by atoms with van der Waals surface area (Å²) in [6, 6.07) is 6.91. The van der Waals surface area contributed by atoms with Crippen molar-refractivity contribution in [1.29, 1.82) is 0 Å². The molecule has 1 heterocycles. The highest BCUT2D eigenvalue weighted by molar-refractivity contribution is 5.84. The third-order valence-corrected chi connectivity index (χ3v) is 2.87. The highest BCUT2D eigenvalue weighted by Crippen LogP contribution is 2.46. The van der Waals surface area contributed by atoms with Gasteiger partial charge in [-0.15, -0.1) is 0 Å². The summed E-state index contributed by atoms with van der Waals surface area (Å²) >= 11 is 0. The Labute approximate surface area is 130 Å². The van der Waals surface area contributed by atoms with Crippen LogP contribution < -0.4 is 0 Å². The van der Waals surface area contributed by atoms with Crippen molar-refractivity contribution in [2.75, 3.05) is 0 Å². The lowest BCUT2D eigenvalue weighted by molar-refractivity contribution is -0.453. The van der Waals surface area contributed by atoms with Crippen molar-refractivity contribution in [2.45, 2.75) is 0 Å². The van der Waals surface area contributed by atoms with Crippen LogP contribution in [0, 0.1) is 40.5 Å². The summed E-state index contributed by atoms with van der Waals surface area (Å²) < 4.78 is 0. The van der Waals surface area contributed by atoms with Gasteiger partial charge in [0, 0.05) is 5.56 Å². The Morgan fingerprint density at radius 3 is 1.58 bits per heavy atom. The molecule has 2 rings (SSSR count). The Kier molecular flexibility index (Phi) is 4.08. The molecule has 0 aliphatic carbocycles. The van der Waals surface area contributed by atoms with Crippen LogP contribution in [0.15, 0.2) is 30.3 Å². The predicted octanol–water partition coefficient (Wildman–Crippen LogP) is 2.38. The van der Waals surface area contributed by atoms with Crippen molar-refractivity contribution in [3.63, 3.8) is 0 Å². The summed E-state index contributed by atoms with van der Waals surface area (Å²) in [6.07, 6.45) is 0. The third kappa shape index (κ3) is 2.68. The van der Waals surface area contributed by atoms with Crippen molar-refractivity contribution in [1.82, 2.24) is 4.98 Å². The quantitative estimate of drug-likeness (QED) is 0.583. The Morgan fingerprint density at radius 1 is 0.667 bits per heavy atom. The van der Waals surface area contributed by atoms with Gasteiger partial charge in [0.05, 0.1) is 14.8 Å². The molecule has 13 heteroatoms. The van der Waals surface area contributed by atoms with E-state index in [9.17, 15) is 40.5 Å². The lowest BCUT2D eigenvalue weighted by atomic mass is 10.1. The zero-order valence-corrected chi connectivity index (χ0v) is 11.4. The second kappa shape index (κ2) is 5.99. The molecule has 0 fully saturated rings. The summed E-state index contributed by atoms with van der Waals surface area (Å²) in [5.74, 6) is -1.45. The summed E-state index contributed by atoms with van der Waals surface area (Å²) in [4.78, 5) is 42.4. The van der Waals surface area contributed by atoms with Crippen LogP contribution in [0.4, 0.5) is 22.9 Å². The first kappa shape index (κ1) is 16.3. The average molecular weight is 335 g/mol. The molecule has 2 aromatic rings. The van der Waals surface area contributed by atoms with Gasteiger partial charge in [-0.1, -0.05) is 30.3 Å². The molecule has 0 bridgehead atoms. The maximum Gasteiger partial charge on any atom is 0.451 e. The number of pyridine rings is 1. The average Bonchev–Trinajstić information content (AvgIpc) is 2.53. The van der Waals surface area contributed by atoms with Gasteiger partial charge in [0.2, 0.25) is 0 Å². The van der Waals surface area contributed by atoms with E-state index in [2.05, 4.69) is 4.98 Å². The highest BCUT2D eigenvalue weighted by atomic mass is 16.7. The Morgan fingerprint density at radius 2 is 1.17 bits per heavy atom. The number of hydrogen-bond acceptors (Lipinski definition) is 9. The summed E-state index contributed by atoms with van der Waals surface area (Å²) in [7, 11) is 0. The van der Waals surface area contributed by atoms with Crippen molar-refractivity contribution in [2.24, 2.45) is 0 Å². The minimum atomic E-state index is -1.64. The number of aromatic nitrogens is 1. The largest absolute Gasteiger partial charge is 0.451 e. The van der Waals surface area contributed by atoms with E-state index in [0.717, 1.165) is 0 Å². The van der Waals surface area contributed by atoms with E-state index in [1.807, 2.05) is 0 Å². The van der Waals surface area contributed by atoms with Gasteiger partial charge in [0.25, 0.3) is 5.69 Å². The number of nitro groups is 4. The van der Waals surface area contributed by atoms with Crippen LogP contribution in [0.2, 0.25) is 0 Å². The van der Waals surface area contributed by atoms with Gasteiger partial charge in [-0.2, -0.15) is 0 Å². The summed E-state index contributed by atoms with van der Waals surface area (Å²) in [5, 5.41) is 44.4. The fourth-order valence-electron chi connectivity index (χ4n) is 1.98. The molecule has 122 valence electrons. The fraction of sp³-hybridized carbons (Fsp3) is 0. The van der Waals surface area contributed by atoms with Crippen LogP contribution in [0.3, 0.4) is 0 Å². The minimum absolute atomic E-state index is 0.0368. The zero-order valence-electron chi connectivity index (χ0n) is 11.4. The molecule has 0 spiro atoms. The first-order valence-electron chi connectivity index (χ1n) is 5.96. The fourth-order valence-corrected chi connectivity index (χ4v) is 1.98. The molecule has 1 aromatic heterocycles. The molecule has 0 amide bonds. The molecule has 0 saturated heterocycles. The van der Waals surface area contributed by atoms with Crippen LogP contribution in [0.25, 0.3) is 11.3 Å². The topological polar surface area (TPSA) is 185 Å². The van der Waals surface area contributed by atoms with Crippen LogP contribution in [0.1, 0.15) is 0 Å². The first-order chi connectivity index (χ1) is 11.3. The SMILES string of the molecule is O=[N+]([O-])c1nc(-c2ccccc2)c([N+](=O)[O-])c([N+](=O)[O-])c1[N+](=O)[O-]. The van der Waals surface area contributed by atoms with Crippen molar-refractivity contribution in [3.05, 3.63) is 70.8 Å². The predicted molar refractivity (Wildman–Crippen MR) is 76.3 cm³/mol. The van der Waals surface area contributed by atoms with Crippen LogP contribution in [-0.4, -0.2) is 24.7 Å². The van der Waals surface area contributed by atoms with Gasteiger partial charge < -0.3 is 10.1 Å². The first-order valence-corrected chi connectivity index (χ1v) is 5.96. The molecule has 0 N–H and O–H groups in total. The number of nitrogens with zero attached hydrogens (tertiary/aromatic N) is 5. The van der Waals surface area contributed by atoms with Gasteiger partial charge in [0.1, 0.15) is 0 Å². The molecular weight excluding hydrogens is 330 g/mol. The highest BCUT2D eigenvalue weighted by Gasteiger charge is 2.49. The van der Waals surface area contributed by atoms with E-state index < -0.39 is 48.3 Å². The molecule has 24 heavy (non-hydrogen) atoms. The van der Waals surface area contributed by atoms with E-state index >= 15 is 0 Å². The lowest BCUT2D eigenvalue weighted by Gasteiger charge is -2.02. The second-order valence-electron chi connectivity index (χ2n) is 4.22. The van der Waals surface area contributed by atoms with E-state index in [4.69, 9.17) is 0 Å². The normalized spacial score (nSPS) is 10.2. The van der Waals surface area contributed by atoms with Crippen LogP contribution >= 0.6 is 0 Å².